The van der Waals surface area contributed by atoms with Crippen LogP contribution in [0.25, 0.3) is 0 Å². The molecule has 0 radical (unpaired) electrons. The van der Waals surface area contributed by atoms with Gasteiger partial charge < -0.3 is 14.6 Å². The number of esters is 1. The first-order valence-corrected chi connectivity index (χ1v) is 10.2. The molecule has 0 fully saturated rings. The molecule has 1 heterocycles. The van der Waals surface area contributed by atoms with E-state index in [1.54, 1.807) is 0 Å². The molecule has 1 amide bonds. The van der Waals surface area contributed by atoms with E-state index in [4.69, 9.17) is 4.74 Å². The lowest BCUT2D eigenvalue weighted by molar-refractivity contribution is -0.119. The Bertz CT molecular complexity index is 993. The van der Waals surface area contributed by atoms with Gasteiger partial charge in [-0.3, -0.25) is 4.79 Å². The number of ether oxygens (including phenoxy) is 1. The number of benzene rings is 1. The Labute approximate surface area is 164 Å². The van der Waals surface area contributed by atoms with E-state index in [1.807, 2.05) is 39.0 Å². The molecule has 0 aliphatic heterocycles. The smallest absolute Gasteiger partial charge is 0.355 e. The van der Waals surface area contributed by atoms with E-state index in [-0.39, 0.29) is 16.5 Å². The fourth-order valence-electron chi connectivity index (χ4n) is 2.72. The van der Waals surface area contributed by atoms with E-state index in [1.165, 1.54) is 30.9 Å². The van der Waals surface area contributed by atoms with Gasteiger partial charge in [-0.15, -0.1) is 0 Å². The molecular weight excluding hydrogens is 382 g/mol. The van der Waals surface area contributed by atoms with E-state index < -0.39 is 28.5 Å². The Morgan fingerprint density at radius 2 is 1.93 bits per heavy atom. The minimum atomic E-state index is -3.68. The molecule has 0 saturated carbocycles. The lowest BCUT2D eigenvalue weighted by Crippen LogP contribution is -2.23. The number of carbonyl (C=O) groups excluding carboxylic acids is 2. The number of nitrogens with zero attached hydrogens (tertiary/aromatic N) is 1. The topological polar surface area (TPSA) is 106 Å². The van der Waals surface area contributed by atoms with Crippen molar-refractivity contribution in [1.29, 1.82) is 0 Å². The molecule has 152 valence electrons. The monoisotopic (exact) mass is 407 g/mol. The quantitative estimate of drug-likeness (QED) is 0.684. The van der Waals surface area contributed by atoms with E-state index in [0.29, 0.717) is 5.69 Å². The lowest BCUT2D eigenvalue weighted by Gasteiger charge is -2.16. The predicted octanol–water partition coefficient (Wildman–Crippen LogP) is 2.16. The molecule has 8 nitrogen and oxygen atoms in total. The van der Waals surface area contributed by atoms with Crippen molar-refractivity contribution in [2.24, 2.45) is 7.05 Å². The average molecular weight is 407 g/mol. The molecular formula is C19H25N3O5S. The molecule has 0 unspecified atom stereocenters. The maximum Gasteiger partial charge on any atom is 0.355 e. The normalized spacial score (nSPS) is 11.5. The van der Waals surface area contributed by atoms with Gasteiger partial charge in [0, 0.05) is 18.9 Å². The number of rotatable bonds is 7. The number of hydrogen-bond donors (Lipinski definition) is 2. The highest BCUT2D eigenvalue weighted by Gasteiger charge is 2.21. The number of carbonyl (C=O) groups is 2. The first-order chi connectivity index (χ1) is 13.1. The van der Waals surface area contributed by atoms with Gasteiger partial charge in [-0.2, -0.15) is 0 Å². The van der Waals surface area contributed by atoms with Gasteiger partial charge in [0.05, 0.1) is 0 Å². The van der Waals surface area contributed by atoms with Gasteiger partial charge in [0.1, 0.15) is 10.6 Å². The van der Waals surface area contributed by atoms with Crippen LogP contribution in [0.3, 0.4) is 0 Å². The standard InChI is InChI=1S/C19H25N3O5S/c1-12(2)15-8-6-7-13(3)18(15)21-17(23)11-27-19(24)16-9-14(10-22(16)5)28(25,26)20-4/h6-10,12,20H,11H2,1-5H3,(H,21,23). The maximum atomic E-state index is 12.3. The zero-order chi connectivity index (χ0) is 21.1. The van der Waals surface area contributed by atoms with Gasteiger partial charge in [-0.1, -0.05) is 32.0 Å². The van der Waals surface area contributed by atoms with Crippen LogP contribution in [-0.4, -0.2) is 38.5 Å². The number of hydrogen-bond acceptors (Lipinski definition) is 5. The van der Waals surface area contributed by atoms with Crippen LogP contribution in [0.15, 0.2) is 35.4 Å². The third-order valence-electron chi connectivity index (χ3n) is 4.29. The highest BCUT2D eigenvalue weighted by atomic mass is 32.2. The number of anilines is 1. The van der Waals surface area contributed by atoms with E-state index in [0.717, 1.165) is 11.1 Å². The lowest BCUT2D eigenvalue weighted by atomic mass is 9.98. The van der Waals surface area contributed by atoms with Crippen molar-refractivity contribution in [1.82, 2.24) is 9.29 Å². The van der Waals surface area contributed by atoms with Gasteiger partial charge in [0.25, 0.3) is 5.91 Å². The summed E-state index contributed by atoms with van der Waals surface area (Å²) in [4.78, 5) is 24.5. The molecule has 28 heavy (non-hydrogen) atoms. The van der Waals surface area contributed by atoms with Gasteiger partial charge in [-0.25, -0.2) is 17.9 Å². The van der Waals surface area contributed by atoms with Crippen LogP contribution in [0.5, 0.6) is 0 Å². The third kappa shape index (κ3) is 4.79. The Hall–Kier alpha value is -2.65. The summed E-state index contributed by atoms with van der Waals surface area (Å²) in [6, 6.07) is 6.95. The first-order valence-electron chi connectivity index (χ1n) is 8.73. The summed E-state index contributed by atoms with van der Waals surface area (Å²) in [7, 11) is -0.880. The second-order valence-corrected chi connectivity index (χ2v) is 8.58. The summed E-state index contributed by atoms with van der Waals surface area (Å²) in [6.07, 6.45) is 1.30. The highest BCUT2D eigenvalue weighted by Crippen LogP contribution is 2.27. The van der Waals surface area contributed by atoms with Crippen molar-refractivity contribution < 1.29 is 22.7 Å². The molecule has 2 aromatic rings. The van der Waals surface area contributed by atoms with Crippen molar-refractivity contribution in [2.75, 3.05) is 19.0 Å². The summed E-state index contributed by atoms with van der Waals surface area (Å²) < 4.78 is 32.2. The van der Waals surface area contributed by atoms with Crippen LogP contribution in [0.1, 0.15) is 41.4 Å². The van der Waals surface area contributed by atoms with Crippen molar-refractivity contribution >= 4 is 27.6 Å². The molecule has 0 aliphatic carbocycles. The molecule has 2 N–H and O–H groups in total. The molecule has 0 aliphatic rings. The molecule has 0 bridgehead atoms. The minimum absolute atomic E-state index is 0.0281. The summed E-state index contributed by atoms with van der Waals surface area (Å²) in [5.41, 5.74) is 2.64. The molecule has 1 aromatic carbocycles. The second kappa shape index (κ2) is 8.57. The average Bonchev–Trinajstić information content (AvgIpc) is 3.04. The number of nitrogens with one attached hydrogen (secondary N) is 2. The number of aromatic nitrogens is 1. The minimum Gasteiger partial charge on any atom is -0.451 e. The zero-order valence-corrected chi connectivity index (χ0v) is 17.4. The third-order valence-corrected chi connectivity index (χ3v) is 5.68. The molecule has 0 spiro atoms. The fraction of sp³-hybridized carbons (Fsp3) is 0.368. The Kier molecular flexibility index (Phi) is 6.63. The maximum absolute atomic E-state index is 12.3. The van der Waals surface area contributed by atoms with Crippen molar-refractivity contribution in [3.05, 3.63) is 47.3 Å². The summed E-state index contributed by atoms with van der Waals surface area (Å²) >= 11 is 0. The van der Waals surface area contributed by atoms with Gasteiger partial charge in [0.2, 0.25) is 10.0 Å². The fourth-order valence-corrected chi connectivity index (χ4v) is 3.52. The molecule has 0 saturated heterocycles. The molecule has 9 heteroatoms. The number of para-hydroxylation sites is 1. The Balaban J connectivity index is 2.08. The summed E-state index contributed by atoms with van der Waals surface area (Å²) in [6.45, 7) is 5.46. The first kappa shape index (κ1) is 21.6. The molecule has 1 aromatic heterocycles. The number of amides is 1. The van der Waals surface area contributed by atoms with Crippen molar-refractivity contribution in [3.63, 3.8) is 0 Å². The van der Waals surface area contributed by atoms with Crippen LogP contribution in [-0.2, 0) is 26.6 Å². The van der Waals surface area contributed by atoms with Crippen molar-refractivity contribution in [2.45, 2.75) is 31.6 Å². The summed E-state index contributed by atoms with van der Waals surface area (Å²) in [5, 5.41) is 2.79. The van der Waals surface area contributed by atoms with E-state index in [2.05, 4.69) is 10.0 Å². The molecule has 0 atom stereocenters. The highest BCUT2D eigenvalue weighted by molar-refractivity contribution is 7.89. The van der Waals surface area contributed by atoms with Gasteiger partial charge >= 0.3 is 5.97 Å². The Morgan fingerprint density at radius 1 is 1.25 bits per heavy atom. The van der Waals surface area contributed by atoms with E-state index >= 15 is 0 Å². The largest absolute Gasteiger partial charge is 0.451 e. The van der Waals surface area contributed by atoms with Crippen LogP contribution in [0.4, 0.5) is 5.69 Å². The molecule has 2 rings (SSSR count). The van der Waals surface area contributed by atoms with Gasteiger partial charge in [-0.05, 0) is 37.1 Å². The second-order valence-electron chi connectivity index (χ2n) is 6.70. The van der Waals surface area contributed by atoms with Crippen LogP contribution in [0.2, 0.25) is 0 Å². The van der Waals surface area contributed by atoms with Crippen molar-refractivity contribution in [3.8, 4) is 0 Å². The summed E-state index contributed by atoms with van der Waals surface area (Å²) in [5.74, 6) is -1.04. The zero-order valence-electron chi connectivity index (χ0n) is 16.6. The SMILES string of the molecule is CNS(=O)(=O)c1cc(C(=O)OCC(=O)Nc2c(C)cccc2C(C)C)n(C)c1. The number of aryl methyl sites for hydroxylation is 2. The van der Waals surface area contributed by atoms with Crippen LogP contribution < -0.4 is 10.0 Å². The predicted molar refractivity (Wildman–Crippen MR) is 106 cm³/mol. The van der Waals surface area contributed by atoms with E-state index in [9.17, 15) is 18.0 Å². The Morgan fingerprint density at radius 3 is 2.54 bits per heavy atom. The van der Waals surface area contributed by atoms with Gasteiger partial charge in [0.15, 0.2) is 6.61 Å². The van der Waals surface area contributed by atoms with Crippen LogP contribution >= 0.6 is 0 Å². The number of sulfonamides is 1. The van der Waals surface area contributed by atoms with Crippen LogP contribution in [0, 0.1) is 6.92 Å².